The van der Waals surface area contributed by atoms with Gasteiger partial charge in [0.1, 0.15) is 6.61 Å². The van der Waals surface area contributed by atoms with Crippen LogP contribution in [0, 0.1) is 9.93 Å². The summed E-state index contributed by atoms with van der Waals surface area (Å²) in [7, 11) is -3.60. The first-order valence-electron chi connectivity index (χ1n) is 13.9. The Hall–Kier alpha value is -1.84. The molecule has 1 saturated carbocycles. The Morgan fingerprint density at radius 2 is 1.72 bits per heavy atom. The molecule has 3 aromatic carbocycles. The van der Waals surface area contributed by atoms with Gasteiger partial charge in [-0.05, 0) is 42.2 Å². The van der Waals surface area contributed by atoms with E-state index in [1.807, 2.05) is 6.29 Å². The fraction of sp³-hybridized carbons (Fsp3) is 0.323. The first-order valence-corrected chi connectivity index (χ1v) is 16.6. The molecule has 1 aliphatic heterocycles. The summed E-state index contributed by atoms with van der Waals surface area (Å²) >= 11 is 13.0. The minimum atomic E-state index is -3.60. The molecule has 0 unspecified atom stereocenters. The average molecular weight is 721 g/mol. The number of halogens is 2. The molecule has 1 fully saturated rings. The summed E-state index contributed by atoms with van der Waals surface area (Å²) in [5, 5.41) is 18.6. The molecule has 1 heterocycles. The minimum Gasteiger partial charge on any atom is -0.859 e. The van der Waals surface area contributed by atoms with Gasteiger partial charge in [-0.25, -0.2) is 13.1 Å². The third-order valence-electron chi connectivity index (χ3n) is 7.81. The summed E-state index contributed by atoms with van der Waals surface area (Å²) in [6, 6.07) is 16.1. The third-order valence-corrected chi connectivity index (χ3v) is 9.10. The summed E-state index contributed by atoms with van der Waals surface area (Å²) in [6.07, 6.45) is 5.49. The van der Waals surface area contributed by atoms with E-state index in [2.05, 4.69) is 9.88 Å². The monoisotopic (exact) mass is 719 g/mol. The van der Waals surface area contributed by atoms with Gasteiger partial charge in [0.05, 0.1) is 18.6 Å². The van der Waals surface area contributed by atoms with Gasteiger partial charge in [-0.15, -0.1) is 11.2 Å². The Morgan fingerprint density at radius 3 is 2.40 bits per heavy atom. The summed E-state index contributed by atoms with van der Waals surface area (Å²) in [4.78, 5) is 46.4. The maximum atomic E-state index is 14.3. The number of benzene rings is 3. The first-order chi connectivity index (χ1) is 21.6. The second-order valence-electron chi connectivity index (χ2n) is 10.7. The Labute approximate surface area is 327 Å². The Kier molecular flexibility index (Phi) is 16.5. The van der Waals surface area contributed by atoms with Crippen molar-refractivity contribution in [1.29, 1.82) is 0 Å². The van der Waals surface area contributed by atoms with Crippen LogP contribution >= 0.6 is 23.2 Å². The molecule has 4 atom stereocenters. The SMILES string of the molecule is CS(=O)(=O)N[C@@H]1CCCC[C@H]1N1C(=O)c2ccccc2[C@@H](C([O-])=NOCc2cccc([C-]=O)c2)[C@@H]1c1ccc(Cl)cc1Cl.O=O.[Na+].[Na+]. The molecular weight excluding hydrogens is 691 g/mol. The standard InChI is InChI=1S/C31H30Cl2N3O6S.2Na.O2/c1-43(40,41)35-26-11-4-5-12-27(26)36-29(24-14-13-21(32)16-25(24)33)28(22-9-2-3-10-23(22)31(36)39)30(38)34-42-18-20-8-6-7-19(15-20)17-37;;;1-2/h2-3,6-10,13-16,26-29,35H,4-5,11-12,18H2,1H3,(H,34,38);;;/q-1;2*+1;/p-1/t26-,27-,28-,29+;;;/m1.../s1. The van der Waals surface area contributed by atoms with Gasteiger partial charge in [-0.3, -0.25) is 4.79 Å². The predicted octanol–water partition coefficient (Wildman–Crippen LogP) is -1.44. The molecule has 0 saturated heterocycles. The smallest absolute Gasteiger partial charge is 0.859 e. The number of hydrogen-bond donors (Lipinski definition) is 1. The van der Waals surface area contributed by atoms with Crippen LogP contribution in [0.4, 0.5) is 0 Å². The van der Waals surface area contributed by atoms with Gasteiger partial charge in [0.25, 0.3) is 5.91 Å². The molecule has 1 N–H and O–H groups in total. The maximum Gasteiger partial charge on any atom is 1.00 e. The van der Waals surface area contributed by atoms with Crippen molar-refractivity contribution in [2.45, 2.75) is 56.3 Å². The van der Waals surface area contributed by atoms with Crippen molar-refractivity contribution in [3.05, 3.63) is 115 Å². The van der Waals surface area contributed by atoms with Gasteiger partial charge in [-0.2, -0.15) is 17.7 Å². The number of sulfonamides is 1. The zero-order chi connectivity index (χ0) is 32.7. The quantitative estimate of drug-likeness (QED) is 0.0925. The van der Waals surface area contributed by atoms with Crippen LogP contribution < -0.4 is 68.9 Å². The van der Waals surface area contributed by atoms with Crippen LogP contribution in [0.1, 0.15) is 70.3 Å². The number of oxime groups is 1. The Morgan fingerprint density at radius 1 is 1.02 bits per heavy atom. The zero-order valence-corrected chi connectivity index (χ0v) is 32.3. The van der Waals surface area contributed by atoms with Crippen LogP contribution in [-0.4, -0.2) is 49.7 Å². The molecule has 3 aromatic rings. The van der Waals surface area contributed by atoms with E-state index < -0.39 is 40.0 Å². The number of nitrogens with one attached hydrogen (secondary N) is 1. The molecule has 0 aromatic heterocycles. The number of amides is 1. The van der Waals surface area contributed by atoms with Crippen LogP contribution in [0.3, 0.4) is 0 Å². The molecule has 2 aliphatic rings. The van der Waals surface area contributed by atoms with Gasteiger partial charge in [0.15, 0.2) is 0 Å². The van der Waals surface area contributed by atoms with E-state index in [1.165, 1.54) is 0 Å². The van der Waals surface area contributed by atoms with E-state index >= 15 is 0 Å². The van der Waals surface area contributed by atoms with Crippen molar-refractivity contribution in [2.24, 2.45) is 5.16 Å². The van der Waals surface area contributed by atoms with Crippen molar-refractivity contribution < 1.29 is 87.1 Å². The molecule has 16 heteroatoms. The zero-order valence-electron chi connectivity index (χ0n) is 26.0. The molecule has 0 bridgehead atoms. The second-order valence-corrected chi connectivity index (χ2v) is 13.4. The molecule has 0 radical (unpaired) electrons. The van der Waals surface area contributed by atoms with Crippen LogP contribution in [0.5, 0.6) is 0 Å². The van der Waals surface area contributed by atoms with Crippen LogP contribution in [0.15, 0.2) is 71.9 Å². The third kappa shape index (κ3) is 10.1. The van der Waals surface area contributed by atoms with E-state index in [1.54, 1.807) is 71.6 Å². The fourth-order valence-corrected chi connectivity index (χ4v) is 7.41. The average Bonchev–Trinajstić information content (AvgIpc) is 3.02. The summed E-state index contributed by atoms with van der Waals surface area (Å²) in [5.41, 5.74) is 2.20. The van der Waals surface area contributed by atoms with Crippen LogP contribution in [0.2, 0.25) is 10.0 Å². The fourth-order valence-electron chi connectivity index (χ4n) is 6.06. The molecule has 1 aliphatic carbocycles. The molecule has 47 heavy (non-hydrogen) atoms. The van der Waals surface area contributed by atoms with Gasteiger partial charge in [0.2, 0.25) is 10.0 Å². The van der Waals surface area contributed by atoms with Crippen molar-refractivity contribution in [3.63, 3.8) is 0 Å². The predicted molar refractivity (Wildman–Crippen MR) is 169 cm³/mol. The van der Waals surface area contributed by atoms with Gasteiger partial charge >= 0.3 is 59.1 Å². The summed E-state index contributed by atoms with van der Waals surface area (Å²) in [5.74, 6) is -2.02. The minimum absolute atomic E-state index is 0. The largest absolute Gasteiger partial charge is 1.00 e. The molecule has 0 spiro atoms. The Balaban J connectivity index is 0.00000188. The topological polar surface area (TPSA) is 162 Å². The molecule has 11 nitrogen and oxygen atoms in total. The normalized spacial score (nSPS) is 20.8. The van der Waals surface area contributed by atoms with Gasteiger partial charge < -0.3 is 19.6 Å². The van der Waals surface area contributed by atoms with E-state index in [4.69, 9.17) is 38.0 Å². The van der Waals surface area contributed by atoms with E-state index in [0.29, 0.717) is 45.7 Å². The van der Waals surface area contributed by atoms with E-state index in [0.717, 1.165) is 19.1 Å². The first kappa shape index (κ1) is 41.3. The number of carbonyl (C=O) groups is 1. The second kappa shape index (κ2) is 18.8. The van der Waals surface area contributed by atoms with Crippen molar-refractivity contribution >= 4 is 51.3 Å². The van der Waals surface area contributed by atoms with Crippen LogP contribution in [-0.2, 0) is 26.3 Å². The summed E-state index contributed by atoms with van der Waals surface area (Å²) < 4.78 is 27.4. The Bertz CT molecular complexity index is 1700. The van der Waals surface area contributed by atoms with Crippen molar-refractivity contribution in [3.8, 4) is 0 Å². The van der Waals surface area contributed by atoms with E-state index in [9.17, 15) is 23.1 Å². The molecule has 5 rings (SSSR count). The van der Waals surface area contributed by atoms with Crippen molar-refractivity contribution in [1.82, 2.24) is 9.62 Å². The number of carbonyl (C=O) groups excluding carboxylic acids is 2. The van der Waals surface area contributed by atoms with Gasteiger partial charge in [0, 0.05) is 49.4 Å². The number of fused-ring (bicyclic) bond motifs is 1. The molecule has 1 amide bonds. The maximum absolute atomic E-state index is 14.3. The van der Waals surface area contributed by atoms with Crippen molar-refractivity contribution in [2.75, 3.05) is 6.26 Å². The van der Waals surface area contributed by atoms with Crippen LogP contribution in [0.25, 0.3) is 0 Å². The summed E-state index contributed by atoms with van der Waals surface area (Å²) in [6.45, 7) is -0.0758. The number of hydrogen-bond acceptors (Lipinski definition) is 9. The number of nitrogens with zero attached hydrogens (tertiary/aromatic N) is 2. The number of rotatable bonds is 9. The van der Waals surface area contributed by atoms with E-state index in [-0.39, 0.29) is 76.7 Å². The van der Waals surface area contributed by atoms with Gasteiger partial charge in [-0.1, -0.05) is 71.9 Å². The molecule has 238 valence electrons. The molecular formula is C31H29Cl2N3Na2O8S.